The average Bonchev–Trinajstić information content (AvgIpc) is 2.77. The molecular formula is C24H27N5O4. The van der Waals surface area contributed by atoms with E-state index < -0.39 is 11.2 Å². The molecule has 0 unspecified atom stereocenters. The van der Waals surface area contributed by atoms with E-state index in [2.05, 4.69) is 4.98 Å². The van der Waals surface area contributed by atoms with Crippen LogP contribution in [0.5, 0.6) is 0 Å². The summed E-state index contributed by atoms with van der Waals surface area (Å²) in [6.45, 7) is 7.08. The number of hydrogen-bond donors (Lipinski definition) is 2. The first-order valence-electron chi connectivity index (χ1n) is 10.7. The van der Waals surface area contributed by atoms with Gasteiger partial charge in [-0.05, 0) is 44.7 Å². The summed E-state index contributed by atoms with van der Waals surface area (Å²) in [4.78, 5) is 28.3. The number of carbonyl (C=O) groups excluding carboxylic acids is 1. The van der Waals surface area contributed by atoms with E-state index >= 15 is 0 Å². The van der Waals surface area contributed by atoms with Gasteiger partial charge in [0, 0.05) is 18.7 Å². The lowest BCUT2D eigenvalue weighted by Gasteiger charge is -2.33. The van der Waals surface area contributed by atoms with Gasteiger partial charge in [-0.1, -0.05) is 24.3 Å². The van der Waals surface area contributed by atoms with Crippen molar-refractivity contribution in [1.82, 2.24) is 9.88 Å². The average molecular weight is 450 g/mol. The quantitative estimate of drug-likeness (QED) is 0.728. The highest BCUT2D eigenvalue weighted by Crippen LogP contribution is 2.28. The van der Waals surface area contributed by atoms with Gasteiger partial charge in [-0.2, -0.15) is 10.5 Å². The molecular weight excluding hydrogens is 422 g/mol. The molecule has 1 amide bonds. The summed E-state index contributed by atoms with van der Waals surface area (Å²) >= 11 is 0. The second-order valence-corrected chi connectivity index (χ2v) is 8.89. The number of aromatic nitrogens is 1. The minimum absolute atomic E-state index is 0.0335. The Labute approximate surface area is 192 Å². The second-order valence-electron chi connectivity index (χ2n) is 8.89. The summed E-state index contributed by atoms with van der Waals surface area (Å²) in [7, 11) is 0. The van der Waals surface area contributed by atoms with Crippen molar-refractivity contribution in [2.75, 3.05) is 18.8 Å². The van der Waals surface area contributed by atoms with Gasteiger partial charge in [-0.25, -0.2) is 4.79 Å². The third-order valence-electron chi connectivity index (χ3n) is 5.29. The van der Waals surface area contributed by atoms with Crippen molar-refractivity contribution < 1.29 is 14.3 Å². The number of likely N-dealkylation sites (tertiary alicyclic amines) is 1. The van der Waals surface area contributed by atoms with Crippen LogP contribution in [0.25, 0.3) is 11.1 Å². The molecule has 9 heteroatoms. The van der Waals surface area contributed by atoms with E-state index in [0.717, 1.165) is 18.4 Å². The number of benzene rings is 1. The van der Waals surface area contributed by atoms with E-state index in [4.69, 9.17) is 15.2 Å². The lowest BCUT2D eigenvalue weighted by atomic mass is 9.96. The number of hydrogen-bond acceptors (Lipinski definition) is 7. The lowest BCUT2D eigenvalue weighted by molar-refractivity contribution is -0.0170. The molecule has 2 aromatic rings. The Morgan fingerprint density at radius 2 is 1.76 bits per heavy atom. The van der Waals surface area contributed by atoms with Crippen molar-refractivity contribution >= 4 is 11.9 Å². The molecule has 1 aliphatic heterocycles. The predicted molar refractivity (Wildman–Crippen MR) is 122 cm³/mol. The molecule has 3 N–H and O–H groups in total. The number of H-pyrrole nitrogens is 1. The van der Waals surface area contributed by atoms with Gasteiger partial charge < -0.3 is 25.1 Å². The molecule has 1 fully saturated rings. The zero-order valence-electron chi connectivity index (χ0n) is 19.0. The van der Waals surface area contributed by atoms with Crippen LogP contribution >= 0.6 is 0 Å². The molecule has 33 heavy (non-hydrogen) atoms. The van der Waals surface area contributed by atoms with Gasteiger partial charge in [-0.15, -0.1) is 0 Å². The summed E-state index contributed by atoms with van der Waals surface area (Å²) in [6.07, 6.45) is 1.18. The Hall–Kier alpha value is -3.82. The third kappa shape index (κ3) is 5.71. The number of amides is 1. The summed E-state index contributed by atoms with van der Waals surface area (Å²) in [5, 5.41) is 18.8. The molecule has 1 aromatic carbocycles. The monoisotopic (exact) mass is 449 g/mol. The number of nitrogens with two attached hydrogens (primary N) is 1. The summed E-state index contributed by atoms with van der Waals surface area (Å²) in [5.41, 5.74) is 6.22. The number of carbonyl (C=O) groups is 1. The van der Waals surface area contributed by atoms with Crippen LogP contribution in [0.4, 0.5) is 10.6 Å². The van der Waals surface area contributed by atoms with Gasteiger partial charge in [0.25, 0.3) is 5.56 Å². The third-order valence-corrected chi connectivity index (χ3v) is 5.29. The maximum Gasteiger partial charge on any atom is 0.410 e. The number of rotatable bonds is 4. The van der Waals surface area contributed by atoms with Gasteiger partial charge in [0.15, 0.2) is 0 Å². The number of ether oxygens (including phenoxy) is 2. The number of piperidine rings is 1. The first kappa shape index (κ1) is 23.8. The molecule has 9 nitrogen and oxygen atoms in total. The van der Waals surface area contributed by atoms with Crippen LogP contribution in [0, 0.1) is 22.7 Å². The van der Waals surface area contributed by atoms with E-state index in [-0.39, 0.29) is 34.7 Å². The molecule has 0 radical (unpaired) electrons. The molecule has 1 saturated heterocycles. The van der Waals surface area contributed by atoms with Crippen LogP contribution in [-0.2, 0) is 16.1 Å². The first-order valence-corrected chi connectivity index (χ1v) is 10.7. The molecule has 3 rings (SSSR count). The normalized spacial score (nSPS) is 14.4. The van der Waals surface area contributed by atoms with E-state index in [9.17, 15) is 20.1 Å². The van der Waals surface area contributed by atoms with Crippen molar-refractivity contribution in [1.29, 1.82) is 10.5 Å². The Morgan fingerprint density at radius 1 is 1.15 bits per heavy atom. The number of anilines is 1. The maximum atomic E-state index is 12.2. The highest BCUT2D eigenvalue weighted by atomic mass is 16.6. The lowest BCUT2D eigenvalue weighted by Crippen LogP contribution is -2.43. The summed E-state index contributed by atoms with van der Waals surface area (Å²) < 4.78 is 11.4. The van der Waals surface area contributed by atoms with Crippen LogP contribution in [0.2, 0.25) is 0 Å². The van der Waals surface area contributed by atoms with Gasteiger partial charge in [0.05, 0.1) is 12.7 Å². The molecule has 0 bridgehead atoms. The SMILES string of the molecule is CC(C)(C)OC(=O)N1CCC(OCc2ccc(-c3c(C#N)c(N)[nH]c(=O)c3C#N)cc2)CC1. The van der Waals surface area contributed by atoms with Crippen molar-refractivity contribution in [3.05, 3.63) is 51.3 Å². The molecule has 0 saturated carbocycles. The number of nitrogen functional groups attached to an aromatic ring is 1. The number of aromatic amines is 1. The summed E-state index contributed by atoms with van der Waals surface area (Å²) in [6, 6.07) is 10.9. The van der Waals surface area contributed by atoms with Crippen molar-refractivity contribution in [3.63, 3.8) is 0 Å². The van der Waals surface area contributed by atoms with Gasteiger partial charge in [-0.3, -0.25) is 4.79 Å². The van der Waals surface area contributed by atoms with Gasteiger partial charge >= 0.3 is 6.09 Å². The minimum atomic E-state index is -0.630. The molecule has 1 aliphatic rings. The summed E-state index contributed by atoms with van der Waals surface area (Å²) in [5.74, 6) is -0.0679. The number of pyridine rings is 1. The second kappa shape index (κ2) is 9.76. The molecule has 0 aliphatic carbocycles. The number of nitrogens with one attached hydrogen (secondary N) is 1. The molecule has 0 atom stereocenters. The maximum absolute atomic E-state index is 12.2. The minimum Gasteiger partial charge on any atom is -0.444 e. The van der Waals surface area contributed by atoms with Crippen molar-refractivity contribution in [2.45, 2.75) is 51.9 Å². The Kier molecular flexibility index (Phi) is 7.05. The van der Waals surface area contributed by atoms with E-state index in [0.29, 0.717) is 25.3 Å². The Bertz CT molecular complexity index is 1160. The fraction of sp³-hybridized carbons (Fsp3) is 0.417. The predicted octanol–water partition coefficient (Wildman–Crippen LogP) is 3.28. The van der Waals surface area contributed by atoms with Crippen molar-refractivity contribution in [2.24, 2.45) is 0 Å². The van der Waals surface area contributed by atoms with E-state index in [1.807, 2.05) is 45.0 Å². The zero-order valence-corrected chi connectivity index (χ0v) is 19.0. The fourth-order valence-electron chi connectivity index (χ4n) is 3.65. The van der Waals surface area contributed by atoms with Crippen LogP contribution in [0.3, 0.4) is 0 Å². The number of nitriles is 2. The molecule has 172 valence electrons. The fourth-order valence-corrected chi connectivity index (χ4v) is 3.65. The molecule has 1 aromatic heterocycles. The smallest absolute Gasteiger partial charge is 0.410 e. The Morgan fingerprint density at radius 3 is 2.30 bits per heavy atom. The van der Waals surface area contributed by atoms with Gasteiger partial charge in [0.1, 0.15) is 34.7 Å². The largest absolute Gasteiger partial charge is 0.444 e. The van der Waals surface area contributed by atoms with Crippen LogP contribution in [0.15, 0.2) is 29.1 Å². The van der Waals surface area contributed by atoms with Crippen LogP contribution in [0.1, 0.15) is 50.3 Å². The van der Waals surface area contributed by atoms with Gasteiger partial charge in [0.2, 0.25) is 0 Å². The van der Waals surface area contributed by atoms with E-state index in [1.165, 1.54) is 0 Å². The number of nitrogens with zero attached hydrogens (tertiary/aromatic N) is 3. The topological polar surface area (TPSA) is 145 Å². The first-order chi connectivity index (χ1) is 15.6. The van der Waals surface area contributed by atoms with E-state index in [1.54, 1.807) is 17.0 Å². The standard InChI is InChI=1S/C24H27N5O4/c1-24(2,3)33-23(31)29-10-8-17(9-11-29)32-14-15-4-6-16(7-5-15)20-18(12-25)21(27)28-22(30)19(20)13-26/h4-7,17H,8-11,14H2,1-3H3,(H3,27,28,30). The zero-order chi connectivity index (χ0) is 24.2. The highest BCUT2D eigenvalue weighted by Gasteiger charge is 2.27. The van der Waals surface area contributed by atoms with Crippen molar-refractivity contribution in [3.8, 4) is 23.3 Å². The molecule has 0 spiro atoms. The molecule has 2 heterocycles. The van der Waals surface area contributed by atoms with Crippen LogP contribution in [-0.4, -0.2) is 40.8 Å². The Balaban J connectivity index is 1.63. The van der Waals surface area contributed by atoms with Crippen LogP contribution < -0.4 is 11.3 Å². The highest BCUT2D eigenvalue weighted by molar-refractivity contribution is 5.80.